The lowest BCUT2D eigenvalue weighted by Crippen LogP contribution is -2.31. The summed E-state index contributed by atoms with van der Waals surface area (Å²) in [4.78, 5) is 4.56. The number of rotatable bonds is 4. The van der Waals surface area contributed by atoms with Gasteiger partial charge in [-0.25, -0.2) is 4.98 Å². The molecule has 0 radical (unpaired) electrons. The first-order valence-corrected chi connectivity index (χ1v) is 6.53. The molecule has 0 bridgehead atoms. The van der Waals surface area contributed by atoms with Gasteiger partial charge in [-0.15, -0.1) is 0 Å². The molecule has 0 aliphatic carbocycles. The summed E-state index contributed by atoms with van der Waals surface area (Å²) in [6.45, 7) is 7.86. The van der Waals surface area contributed by atoms with Crippen molar-refractivity contribution in [2.24, 2.45) is 5.92 Å². The summed E-state index contributed by atoms with van der Waals surface area (Å²) < 4.78 is 2.38. The standard InChI is InChI=1S/C13H23N3/c1-3-7-16-11(2)9-15-13(16)8-12-5-4-6-14-10-12/h9,12,14H,3-8,10H2,1-2H3/t12-/m0/s1. The molecule has 3 heteroatoms. The molecule has 0 aromatic carbocycles. The fourth-order valence-corrected chi connectivity index (χ4v) is 2.56. The summed E-state index contributed by atoms with van der Waals surface area (Å²) >= 11 is 0. The van der Waals surface area contributed by atoms with E-state index in [2.05, 4.69) is 28.7 Å². The maximum atomic E-state index is 4.56. The molecule has 1 fully saturated rings. The van der Waals surface area contributed by atoms with Crippen LogP contribution in [-0.4, -0.2) is 22.6 Å². The fraction of sp³-hybridized carbons (Fsp3) is 0.769. The molecule has 1 atom stereocenters. The maximum Gasteiger partial charge on any atom is 0.109 e. The van der Waals surface area contributed by atoms with Gasteiger partial charge in [-0.2, -0.15) is 0 Å². The summed E-state index contributed by atoms with van der Waals surface area (Å²) in [5.41, 5.74) is 1.31. The molecule has 2 rings (SSSR count). The van der Waals surface area contributed by atoms with E-state index in [0.717, 1.165) is 25.4 Å². The summed E-state index contributed by atoms with van der Waals surface area (Å²) in [7, 11) is 0. The lowest BCUT2D eigenvalue weighted by Gasteiger charge is -2.22. The Hall–Kier alpha value is -0.830. The Morgan fingerprint density at radius 2 is 2.44 bits per heavy atom. The summed E-state index contributed by atoms with van der Waals surface area (Å²) in [5, 5.41) is 3.48. The van der Waals surface area contributed by atoms with Crippen LogP contribution in [0.25, 0.3) is 0 Å². The molecule has 0 amide bonds. The van der Waals surface area contributed by atoms with E-state index in [4.69, 9.17) is 0 Å². The van der Waals surface area contributed by atoms with Crippen LogP contribution < -0.4 is 5.32 Å². The highest BCUT2D eigenvalue weighted by atomic mass is 15.1. The number of aryl methyl sites for hydroxylation is 1. The molecule has 0 unspecified atom stereocenters. The van der Waals surface area contributed by atoms with E-state index in [1.165, 1.54) is 37.3 Å². The van der Waals surface area contributed by atoms with Crippen molar-refractivity contribution in [2.45, 2.75) is 46.1 Å². The average Bonchev–Trinajstić information content (AvgIpc) is 2.64. The Morgan fingerprint density at radius 3 is 3.12 bits per heavy atom. The van der Waals surface area contributed by atoms with E-state index >= 15 is 0 Å². The third-order valence-corrected chi connectivity index (χ3v) is 3.46. The quantitative estimate of drug-likeness (QED) is 0.844. The zero-order valence-electron chi connectivity index (χ0n) is 10.5. The largest absolute Gasteiger partial charge is 0.332 e. The van der Waals surface area contributed by atoms with Crippen molar-refractivity contribution in [3.63, 3.8) is 0 Å². The van der Waals surface area contributed by atoms with E-state index in [1.54, 1.807) is 0 Å². The summed E-state index contributed by atoms with van der Waals surface area (Å²) in [6.07, 6.45) is 7.01. The fourth-order valence-electron chi connectivity index (χ4n) is 2.56. The first-order valence-electron chi connectivity index (χ1n) is 6.53. The maximum absolute atomic E-state index is 4.56. The molecular formula is C13H23N3. The monoisotopic (exact) mass is 221 g/mol. The van der Waals surface area contributed by atoms with Crippen LogP contribution in [0.5, 0.6) is 0 Å². The number of imidazole rings is 1. The topological polar surface area (TPSA) is 29.9 Å². The molecule has 0 spiro atoms. The van der Waals surface area contributed by atoms with Gasteiger partial charge in [-0.05, 0) is 45.2 Å². The highest BCUT2D eigenvalue weighted by Crippen LogP contribution is 2.17. The van der Waals surface area contributed by atoms with E-state index < -0.39 is 0 Å². The first-order chi connectivity index (χ1) is 7.81. The van der Waals surface area contributed by atoms with E-state index in [9.17, 15) is 0 Å². The molecular weight excluding hydrogens is 198 g/mol. The Labute approximate surface area is 98.3 Å². The van der Waals surface area contributed by atoms with Crippen LogP contribution in [-0.2, 0) is 13.0 Å². The third-order valence-electron chi connectivity index (χ3n) is 3.46. The number of hydrogen-bond acceptors (Lipinski definition) is 2. The smallest absolute Gasteiger partial charge is 0.109 e. The summed E-state index contributed by atoms with van der Waals surface area (Å²) in [6, 6.07) is 0. The van der Waals surface area contributed by atoms with Crippen LogP contribution in [0.4, 0.5) is 0 Å². The SMILES string of the molecule is CCCn1c(C)cnc1C[C@@H]1CCCNC1. The van der Waals surface area contributed by atoms with Crippen LogP contribution in [0.1, 0.15) is 37.7 Å². The minimum Gasteiger partial charge on any atom is -0.332 e. The minimum absolute atomic E-state index is 0.783. The Bertz CT molecular complexity index is 324. The van der Waals surface area contributed by atoms with Crippen molar-refractivity contribution >= 4 is 0 Å². The van der Waals surface area contributed by atoms with Crippen LogP contribution >= 0.6 is 0 Å². The molecule has 1 aromatic rings. The van der Waals surface area contributed by atoms with Crippen molar-refractivity contribution in [3.8, 4) is 0 Å². The van der Waals surface area contributed by atoms with Crippen LogP contribution in [0.15, 0.2) is 6.20 Å². The van der Waals surface area contributed by atoms with Crippen molar-refractivity contribution in [2.75, 3.05) is 13.1 Å². The van der Waals surface area contributed by atoms with Gasteiger partial charge in [-0.3, -0.25) is 0 Å². The highest BCUT2D eigenvalue weighted by molar-refractivity contribution is 5.04. The number of nitrogens with one attached hydrogen (secondary N) is 1. The zero-order valence-corrected chi connectivity index (χ0v) is 10.5. The highest BCUT2D eigenvalue weighted by Gasteiger charge is 2.16. The van der Waals surface area contributed by atoms with Crippen molar-refractivity contribution in [1.29, 1.82) is 0 Å². The molecule has 16 heavy (non-hydrogen) atoms. The first kappa shape index (κ1) is 11.6. The van der Waals surface area contributed by atoms with Crippen LogP contribution in [0.2, 0.25) is 0 Å². The second kappa shape index (κ2) is 5.48. The lowest BCUT2D eigenvalue weighted by atomic mass is 9.96. The molecule has 2 heterocycles. The van der Waals surface area contributed by atoms with Crippen molar-refractivity contribution in [1.82, 2.24) is 14.9 Å². The third kappa shape index (κ3) is 2.64. The zero-order chi connectivity index (χ0) is 11.4. The Kier molecular flexibility index (Phi) is 3.99. The van der Waals surface area contributed by atoms with Gasteiger partial charge in [0.25, 0.3) is 0 Å². The second-order valence-corrected chi connectivity index (χ2v) is 4.88. The minimum atomic E-state index is 0.783. The van der Waals surface area contributed by atoms with Crippen LogP contribution in [0, 0.1) is 12.8 Å². The van der Waals surface area contributed by atoms with Gasteiger partial charge in [0.05, 0.1) is 0 Å². The van der Waals surface area contributed by atoms with Gasteiger partial charge in [0.2, 0.25) is 0 Å². The average molecular weight is 221 g/mol. The molecule has 1 aliphatic heterocycles. The van der Waals surface area contributed by atoms with E-state index in [1.807, 2.05) is 6.20 Å². The molecule has 1 N–H and O–H groups in total. The van der Waals surface area contributed by atoms with E-state index in [0.29, 0.717) is 0 Å². The van der Waals surface area contributed by atoms with Gasteiger partial charge >= 0.3 is 0 Å². The number of aromatic nitrogens is 2. The molecule has 1 aromatic heterocycles. The van der Waals surface area contributed by atoms with Gasteiger partial charge in [-0.1, -0.05) is 6.92 Å². The normalized spacial score (nSPS) is 21.2. The molecule has 0 saturated carbocycles. The lowest BCUT2D eigenvalue weighted by molar-refractivity contribution is 0.365. The predicted molar refractivity (Wildman–Crippen MR) is 66.6 cm³/mol. The van der Waals surface area contributed by atoms with Crippen LogP contribution in [0.3, 0.4) is 0 Å². The Balaban J connectivity index is 2.02. The van der Waals surface area contributed by atoms with Gasteiger partial charge < -0.3 is 9.88 Å². The molecule has 1 saturated heterocycles. The van der Waals surface area contributed by atoms with Crippen molar-refractivity contribution in [3.05, 3.63) is 17.7 Å². The molecule has 1 aliphatic rings. The van der Waals surface area contributed by atoms with E-state index in [-0.39, 0.29) is 0 Å². The number of piperidine rings is 1. The second-order valence-electron chi connectivity index (χ2n) is 4.88. The van der Waals surface area contributed by atoms with Crippen molar-refractivity contribution < 1.29 is 0 Å². The Morgan fingerprint density at radius 1 is 1.56 bits per heavy atom. The number of nitrogens with zero attached hydrogens (tertiary/aromatic N) is 2. The number of hydrogen-bond donors (Lipinski definition) is 1. The molecule has 3 nitrogen and oxygen atoms in total. The predicted octanol–water partition coefficient (Wildman–Crippen LogP) is 2.14. The summed E-state index contributed by atoms with van der Waals surface area (Å²) in [5.74, 6) is 2.07. The van der Waals surface area contributed by atoms with Gasteiger partial charge in [0, 0.05) is 24.9 Å². The molecule has 90 valence electrons. The van der Waals surface area contributed by atoms with Gasteiger partial charge in [0.15, 0.2) is 0 Å². The van der Waals surface area contributed by atoms with Gasteiger partial charge in [0.1, 0.15) is 5.82 Å².